The van der Waals surface area contributed by atoms with Crippen LogP contribution >= 0.6 is 0 Å². The van der Waals surface area contributed by atoms with E-state index < -0.39 is 11.8 Å². The molecule has 5 nitrogen and oxygen atoms in total. The maximum Gasteiger partial charge on any atom is 0.255 e. The summed E-state index contributed by atoms with van der Waals surface area (Å²) in [6.45, 7) is 1.70. The van der Waals surface area contributed by atoms with Gasteiger partial charge in [-0.05, 0) is 35.4 Å². The van der Waals surface area contributed by atoms with Gasteiger partial charge in [-0.25, -0.2) is 5.48 Å². The second-order valence-corrected chi connectivity index (χ2v) is 5.79. The molecule has 3 rings (SSSR count). The van der Waals surface area contributed by atoms with Crippen molar-refractivity contribution in [2.24, 2.45) is 0 Å². The SMILES string of the molecule is O=C(NO)C(c1ccccc1)c1ccc(NCCn2cccc2)cc1. The van der Waals surface area contributed by atoms with Crippen molar-refractivity contribution < 1.29 is 10.0 Å². The Hall–Kier alpha value is -3.05. The lowest BCUT2D eigenvalue weighted by Gasteiger charge is -2.16. The van der Waals surface area contributed by atoms with Crippen molar-refractivity contribution in [3.8, 4) is 0 Å². The minimum Gasteiger partial charge on any atom is -0.383 e. The number of carbonyl (C=O) groups is 1. The molecule has 1 unspecified atom stereocenters. The number of hydrogen-bond donors (Lipinski definition) is 3. The summed E-state index contributed by atoms with van der Waals surface area (Å²) in [6, 6.07) is 21.1. The standard InChI is InChI=1S/C20H21N3O2/c24-20(22-25)19(16-6-2-1-3-7-16)17-8-10-18(11-9-17)21-12-15-23-13-4-5-14-23/h1-11,13-14,19,21,25H,12,15H2,(H,22,24). The molecule has 0 radical (unpaired) electrons. The van der Waals surface area contributed by atoms with Crippen LogP contribution in [0.3, 0.4) is 0 Å². The molecule has 0 bridgehead atoms. The van der Waals surface area contributed by atoms with Crippen LogP contribution in [0.2, 0.25) is 0 Å². The first kappa shape index (κ1) is 16.8. The van der Waals surface area contributed by atoms with Crippen molar-refractivity contribution in [3.63, 3.8) is 0 Å². The number of amides is 1. The average Bonchev–Trinajstić information content (AvgIpc) is 3.17. The lowest BCUT2D eigenvalue weighted by molar-refractivity contribution is -0.129. The summed E-state index contributed by atoms with van der Waals surface area (Å²) in [5.41, 5.74) is 4.42. The monoisotopic (exact) mass is 335 g/mol. The summed E-state index contributed by atoms with van der Waals surface area (Å²) in [7, 11) is 0. The summed E-state index contributed by atoms with van der Waals surface area (Å²) in [5, 5.41) is 12.4. The van der Waals surface area contributed by atoms with Gasteiger partial charge in [0.25, 0.3) is 5.91 Å². The smallest absolute Gasteiger partial charge is 0.255 e. The molecule has 2 aromatic carbocycles. The number of nitrogens with zero attached hydrogens (tertiary/aromatic N) is 1. The van der Waals surface area contributed by atoms with E-state index in [1.807, 2.05) is 79.1 Å². The van der Waals surface area contributed by atoms with Crippen LogP contribution in [0.5, 0.6) is 0 Å². The van der Waals surface area contributed by atoms with E-state index in [1.165, 1.54) is 0 Å². The van der Waals surface area contributed by atoms with Crippen LogP contribution in [0.15, 0.2) is 79.1 Å². The lowest BCUT2D eigenvalue weighted by Crippen LogP contribution is -2.27. The van der Waals surface area contributed by atoms with E-state index in [0.29, 0.717) is 0 Å². The Morgan fingerprint density at radius 1 is 0.920 bits per heavy atom. The predicted octanol–water partition coefficient (Wildman–Crippen LogP) is 3.24. The Labute approximate surface area is 146 Å². The highest BCUT2D eigenvalue weighted by Gasteiger charge is 2.22. The second-order valence-electron chi connectivity index (χ2n) is 5.79. The Morgan fingerprint density at radius 2 is 1.56 bits per heavy atom. The van der Waals surface area contributed by atoms with Crippen LogP contribution in [0.4, 0.5) is 5.69 Å². The molecule has 25 heavy (non-hydrogen) atoms. The van der Waals surface area contributed by atoms with Crippen LogP contribution < -0.4 is 10.8 Å². The summed E-state index contributed by atoms with van der Waals surface area (Å²) in [4.78, 5) is 12.1. The van der Waals surface area contributed by atoms with Gasteiger partial charge in [-0.2, -0.15) is 0 Å². The van der Waals surface area contributed by atoms with E-state index >= 15 is 0 Å². The maximum absolute atomic E-state index is 12.1. The summed E-state index contributed by atoms with van der Waals surface area (Å²) >= 11 is 0. The normalized spacial score (nSPS) is 11.7. The lowest BCUT2D eigenvalue weighted by atomic mass is 9.90. The van der Waals surface area contributed by atoms with Gasteiger partial charge in [-0.3, -0.25) is 10.0 Å². The van der Waals surface area contributed by atoms with Gasteiger partial charge in [-0.1, -0.05) is 42.5 Å². The van der Waals surface area contributed by atoms with Crippen molar-refractivity contribution >= 4 is 11.6 Å². The van der Waals surface area contributed by atoms with E-state index in [1.54, 1.807) is 5.48 Å². The molecule has 128 valence electrons. The first-order chi connectivity index (χ1) is 12.3. The highest BCUT2D eigenvalue weighted by atomic mass is 16.5. The first-order valence-electron chi connectivity index (χ1n) is 8.21. The van der Waals surface area contributed by atoms with Gasteiger partial charge in [-0.15, -0.1) is 0 Å². The summed E-state index contributed by atoms with van der Waals surface area (Å²) in [5.74, 6) is -0.986. The summed E-state index contributed by atoms with van der Waals surface area (Å²) in [6.07, 6.45) is 4.06. The third-order valence-corrected chi connectivity index (χ3v) is 4.11. The number of nitrogens with one attached hydrogen (secondary N) is 2. The Morgan fingerprint density at radius 3 is 2.20 bits per heavy atom. The third-order valence-electron chi connectivity index (χ3n) is 4.11. The Balaban J connectivity index is 1.69. The van der Waals surface area contributed by atoms with Gasteiger partial charge in [0.1, 0.15) is 0 Å². The van der Waals surface area contributed by atoms with E-state index in [0.717, 1.165) is 29.9 Å². The van der Waals surface area contributed by atoms with Crippen LogP contribution in [0.1, 0.15) is 17.0 Å². The van der Waals surface area contributed by atoms with Gasteiger partial charge in [0, 0.05) is 31.2 Å². The minimum absolute atomic E-state index is 0.445. The highest BCUT2D eigenvalue weighted by Crippen LogP contribution is 2.26. The van der Waals surface area contributed by atoms with Crippen LogP contribution in [-0.2, 0) is 11.3 Å². The number of hydroxylamine groups is 1. The van der Waals surface area contributed by atoms with Crippen molar-refractivity contribution in [1.29, 1.82) is 0 Å². The van der Waals surface area contributed by atoms with E-state index in [9.17, 15) is 4.79 Å². The molecule has 3 aromatic rings. The molecule has 0 spiro atoms. The number of hydrogen-bond acceptors (Lipinski definition) is 3. The topological polar surface area (TPSA) is 66.3 Å². The average molecular weight is 335 g/mol. The van der Waals surface area contributed by atoms with E-state index in [4.69, 9.17) is 5.21 Å². The maximum atomic E-state index is 12.1. The molecule has 0 aliphatic carbocycles. The number of rotatable bonds is 7. The van der Waals surface area contributed by atoms with Crippen LogP contribution in [-0.4, -0.2) is 22.2 Å². The molecule has 1 amide bonds. The zero-order chi connectivity index (χ0) is 17.5. The van der Waals surface area contributed by atoms with Crippen LogP contribution in [0.25, 0.3) is 0 Å². The molecule has 0 fully saturated rings. The molecule has 1 heterocycles. The molecule has 0 saturated heterocycles. The van der Waals surface area contributed by atoms with E-state index in [-0.39, 0.29) is 0 Å². The third kappa shape index (κ3) is 4.28. The predicted molar refractivity (Wildman–Crippen MR) is 97.6 cm³/mol. The molecular weight excluding hydrogens is 314 g/mol. The number of anilines is 1. The summed E-state index contributed by atoms with van der Waals surface area (Å²) < 4.78 is 2.11. The molecule has 1 atom stereocenters. The zero-order valence-corrected chi connectivity index (χ0v) is 13.8. The molecule has 5 heteroatoms. The zero-order valence-electron chi connectivity index (χ0n) is 13.8. The second kappa shape index (κ2) is 8.17. The van der Waals surface area contributed by atoms with E-state index in [2.05, 4.69) is 9.88 Å². The number of benzene rings is 2. The van der Waals surface area contributed by atoms with Gasteiger partial charge < -0.3 is 9.88 Å². The quantitative estimate of drug-likeness (QED) is 0.459. The largest absolute Gasteiger partial charge is 0.383 e. The Kier molecular flexibility index (Phi) is 5.49. The van der Waals surface area contributed by atoms with Gasteiger partial charge in [0.05, 0.1) is 5.92 Å². The van der Waals surface area contributed by atoms with Crippen molar-refractivity contribution in [1.82, 2.24) is 10.0 Å². The molecule has 0 aliphatic rings. The van der Waals surface area contributed by atoms with Crippen LogP contribution in [0, 0.1) is 0 Å². The van der Waals surface area contributed by atoms with Gasteiger partial charge in [0.2, 0.25) is 0 Å². The molecule has 0 aliphatic heterocycles. The fourth-order valence-corrected chi connectivity index (χ4v) is 2.85. The molecule has 1 aromatic heterocycles. The molecule has 3 N–H and O–H groups in total. The fourth-order valence-electron chi connectivity index (χ4n) is 2.85. The molecule has 0 saturated carbocycles. The minimum atomic E-state index is -0.542. The number of carbonyl (C=O) groups excluding carboxylic acids is 1. The first-order valence-corrected chi connectivity index (χ1v) is 8.21. The van der Waals surface area contributed by atoms with Gasteiger partial charge >= 0.3 is 0 Å². The molecular formula is C20H21N3O2. The Bertz CT molecular complexity index is 784. The fraction of sp³-hybridized carbons (Fsp3) is 0.150. The van der Waals surface area contributed by atoms with Gasteiger partial charge in [0.15, 0.2) is 0 Å². The van der Waals surface area contributed by atoms with Crippen molar-refractivity contribution in [2.45, 2.75) is 12.5 Å². The van der Waals surface area contributed by atoms with Crippen molar-refractivity contribution in [2.75, 3.05) is 11.9 Å². The highest BCUT2D eigenvalue weighted by molar-refractivity contribution is 5.86. The number of aromatic nitrogens is 1. The van der Waals surface area contributed by atoms with Crippen molar-refractivity contribution in [3.05, 3.63) is 90.3 Å².